The average molecular weight is 236 g/mol. The first-order valence-electron chi connectivity index (χ1n) is 5.43. The zero-order valence-corrected chi connectivity index (χ0v) is 9.99. The number of hydrogen-bond donors (Lipinski definition) is 2. The lowest BCUT2D eigenvalue weighted by Crippen LogP contribution is -2.02. The first-order valence-corrected chi connectivity index (χ1v) is 5.43. The van der Waals surface area contributed by atoms with Crippen molar-refractivity contribution in [2.75, 3.05) is 32.7 Å². The van der Waals surface area contributed by atoms with E-state index in [1.54, 1.807) is 7.11 Å². The first-order chi connectivity index (χ1) is 8.33. The van der Waals surface area contributed by atoms with Gasteiger partial charge in [-0.2, -0.15) is 0 Å². The summed E-state index contributed by atoms with van der Waals surface area (Å²) in [6, 6.07) is 3.84. The number of nitrogens with zero attached hydrogens (tertiary/aromatic N) is 2. The lowest BCUT2D eigenvalue weighted by molar-refractivity contribution is 0.0590. The van der Waals surface area contributed by atoms with E-state index in [1.807, 2.05) is 19.2 Å². The summed E-state index contributed by atoms with van der Waals surface area (Å²) in [7, 11) is 3.48. The maximum absolute atomic E-state index is 5.38. The molecule has 2 rings (SSSR count). The fraction of sp³-hybridized carbons (Fsp3) is 0.455. The molecule has 0 unspecified atom stereocenters. The number of nitrogens with one attached hydrogen (secondary N) is 2. The average Bonchev–Trinajstić information content (AvgIpc) is 2.76. The van der Waals surface area contributed by atoms with Gasteiger partial charge >= 0.3 is 0 Å². The van der Waals surface area contributed by atoms with Crippen molar-refractivity contribution in [3.63, 3.8) is 0 Å². The quantitative estimate of drug-likeness (QED) is 0.736. The van der Waals surface area contributed by atoms with E-state index in [1.165, 1.54) is 0 Å². The molecule has 17 heavy (non-hydrogen) atoms. The number of pyridine rings is 1. The highest BCUT2D eigenvalue weighted by Gasteiger charge is 2.04. The molecule has 0 aliphatic heterocycles. The molecule has 0 saturated carbocycles. The molecule has 2 aromatic rings. The van der Waals surface area contributed by atoms with Crippen LogP contribution < -0.4 is 5.32 Å². The van der Waals surface area contributed by atoms with Crippen molar-refractivity contribution in [1.29, 1.82) is 0 Å². The highest BCUT2D eigenvalue weighted by molar-refractivity contribution is 5.72. The number of aromatic nitrogens is 3. The van der Waals surface area contributed by atoms with Gasteiger partial charge in [-0.25, -0.2) is 9.97 Å². The third kappa shape index (κ3) is 2.92. The Morgan fingerprint density at radius 1 is 1.29 bits per heavy atom. The molecule has 0 amide bonds. The molecule has 92 valence electrons. The van der Waals surface area contributed by atoms with Crippen LogP contribution in [0, 0.1) is 0 Å². The van der Waals surface area contributed by atoms with E-state index in [4.69, 9.17) is 9.47 Å². The highest BCUT2D eigenvalue weighted by Crippen LogP contribution is 2.12. The van der Waals surface area contributed by atoms with E-state index >= 15 is 0 Å². The van der Waals surface area contributed by atoms with Crippen LogP contribution in [0.1, 0.15) is 5.82 Å². The van der Waals surface area contributed by atoms with Crippen molar-refractivity contribution < 1.29 is 9.47 Å². The lowest BCUT2D eigenvalue weighted by Gasteiger charge is -1.99. The van der Waals surface area contributed by atoms with E-state index in [9.17, 15) is 0 Å². The van der Waals surface area contributed by atoms with Crippen LogP contribution in [0.25, 0.3) is 11.2 Å². The number of fused-ring (bicyclic) bond motifs is 1. The molecule has 6 nitrogen and oxygen atoms in total. The monoisotopic (exact) mass is 236 g/mol. The Morgan fingerprint density at radius 2 is 2.18 bits per heavy atom. The Kier molecular flexibility index (Phi) is 3.89. The highest BCUT2D eigenvalue weighted by atomic mass is 16.5. The number of rotatable bonds is 6. The topological polar surface area (TPSA) is 72.1 Å². The second-order valence-electron chi connectivity index (χ2n) is 3.55. The second kappa shape index (κ2) is 5.60. The van der Waals surface area contributed by atoms with Crippen LogP contribution in [0.15, 0.2) is 12.1 Å². The fourth-order valence-corrected chi connectivity index (χ4v) is 1.46. The minimum atomic E-state index is 0.439. The van der Waals surface area contributed by atoms with Crippen molar-refractivity contribution in [2.45, 2.75) is 6.61 Å². The van der Waals surface area contributed by atoms with Crippen LogP contribution in [0.4, 0.5) is 5.82 Å². The predicted octanol–water partition coefficient (Wildman–Crippen LogP) is 1.16. The van der Waals surface area contributed by atoms with Crippen LogP contribution in [-0.4, -0.2) is 42.3 Å². The largest absolute Gasteiger partial charge is 0.382 e. The third-order valence-electron chi connectivity index (χ3n) is 2.32. The Hall–Kier alpha value is -1.66. The van der Waals surface area contributed by atoms with Gasteiger partial charge in [0, 0.05) is 14.2 Å². The Bertz CT molecular complexity index is 483. The summed E-state index contributed by atoms with van der Waals surface area (Å²) in [5.41, 5.74) is 1.61. The summed E-state index contributed by atoms with van der Waals surface area (Å²) in [5.74, 6) is 1.58. The van der Waals surface area contributed by atoms with Crippen LogP contribution in [0.3, 0.4) is 0 Å². The maximum atomic E-state index is 5.38. The van der Waals surface area contributed by atoms with Crippen molar-refractivity contribution in [1.82, 2.24) is 15.0 Å². The van der Waals surface area contributed by atoms with Gasteiger partial charge < -0.3 is 19.8 Å². The van der Waals surface area contributed by atoms with Gasteiger partial charge in [-0.3, -0.25) is 0 Å². The number of H-pyrrole nitrogens is 1. The summed E-state index contributed by atoms with van der Waals surface area (Å²) in [5, 5.41) is 2.98. The summed E-state index contributed by atoms with van der Waals surface area (Å²) in [6.45, 7) is 1.58. The van der Waals surface area contributed by atoms with Crippen LogP contribution in [0.2, 0.25) is 0 Å². The number of imidazole rings is 1. The molecule has 0 aromatic carbocycles. The summed E-state index contributed by atoms with van der Waals surface area (Å²) < 4.78 is 10.3. The lowest BCUT2D eigenvalue weighted by atomic mass is 10.4. The van der Waals surface area contributed by atoms with E-state index < -0.39 is 0 Å². The predicted molar refractivity (Wildman–Crippen MR) is 65.0 cm³/mol. The van der Waals surface area contributed by atoms with Crippen LogP contribution >= 0.6 is 0 Å². The fourth-order valence-electron chi connectivity index (χ4n) is 1.46. The van der Waals surface area contributed by atoms with Gasteiger partial charge in [0.25, 0.3) is 0 Å². The molecular formula is C11H16N4O2. The smallest absolute Gasteiger partial charge is 0.179 e. The first kappa shape index (κ1) is 11.8. The van der Waals surface area contributed by atoms with Gasteiger partial charge in [-0.05, 0) is 12.1 Å². The Morgan fingerprint density at radius 3 is 2.94 bits per heavy atom. The van der Waals surface area contributed by atoms with E-state index in [2.05, 4.69) is 20.3 Å². The summed E-state index contributed by atoms with van der Waals surface area (Å²) in [4.78, 5) is 11.8. The summed E-state index contributed by atoms with van der Waals surface area (Å²) in [6.07, 6.45) is 0. The normalized spacial score (nSPS) is 10.9. The molecule has 0 atom stereocenters. The van der Waals surface area contributed by atoms with Gasteiger partial charge in [-0.1, -0.05) is 0 Å². The zero-order valence-electron chi connectivity index (χ0n) is 9.99. The Balaban J connectivity index is 2.04. The zero-order chi connectivity index (χ0) is 12.1. The number of ether oxygens (including phenoxy) is 2. The summed E-state index contributed by atoms with van der Waals surface area (Å²) >= 11 is 0. The minimum absolute atomic E-state index is 0.439. The van der Waals surface area contributed by atoms with Crippen molar-refractivity contribution in [3.05, 3.63) is 18.0 Å². The van der Waals surface area contributed by atoms with Crippen molar-refractivity contribution in [3.8, 4) is 0 Å². The number of aromatic amines is 1. The molecule has 2 aromatic heterocycles. The van der Waals surface area contributed by atoms with Gasteiger partial charge in [0.15, 0.2) is 5.65 Å². The van der Waals surface area contributed by atoms with E-state index in [-0.39, 0.29) is 0 Å². The van der Waals surface area contributed by atoms with E-state index in [0.29, 0.717) is 25.5 Å². The molecular weight excluding hydrogens is 220 g/mol. The van der Waals surface area contributed by atoms with Crippen molar-refractivity contribution in [2.24, 2.45) is 0 Å². The molecule has 0 bridgehead atoms. The number of anilines is 1. The third-order valence-corrected chi connectivity index (χ3v) is 2.32. The molecule has 0 aliphatic rings. The van der Waals surface area contributed by atoms with Crippen molar-refractivity contribution >= 4 is 17.0 Å². The maximum Gasteiger partial charge on any atom is 0.179 e. The second-order valence-corrected chi connectivity index (χ2v) is 3.55. The molecule has 0 fully saturated rings. The molecule has 0 aliphatic carbocycles. The van der Waals surface area contributed by atoms with E-state index in [0.717, 1.165) is 17.2 Å². The van der Waals surface area contributed by atoms with Gasteiger partial charge in [-0.15, -0.1) is 0 Å². The molecule has 2 heterocycles. The molecule has 6 heteroatoms. The minimum Gasteiger partial charge on any atom is -0.382 e. The SMILES string of the molecule is CNc1ccc2[nH]c(COCCOC)nc2n1. The van der Waals surface area contributed by atoms with Crippen LogP contribution in [-0.2, 0) is 16.1 Å². The molecule has 0 saturated heterocycles. The van der Waals surface area contributed by atoms with Gasteiger partial charge in [0.05, 0.1) is 18.7 Å². The Labute approximate surface area is 99.4 Å². The molecule has 0 spiro atoms. The number of hydrogen-bond acceptors (Lipinski definition) is 5. The van der Waals surface area contributed by atoms with Gasteiger partial charge in [0.1, 0.15) is 18.2 Å². The standard InChI is InChI=1S/C11H16N4O2/c1-12-9-4-3-8-11(14-9)15-10(13-8)7-17-6-5-16-2/h3-4H,5-7H2,1-2H3,(H2,12,13,14,15). The van der Waals surface area contributed by atoms with Gasteiger partial charge in [0.2, 0.25) is 0 Å². The van der Waals surface area contributed by atoms with Crippen LogP contribution in [0.5, 0.6) is 0 Å². The molecule has 2 N–H and O–H groups in total. The molecule has 0 radical (unpaired) electrons. The number of methoxy groups -OCH3 is 1.